The van der Waals surface area contributed by atoms with Crippen molar-refractivity contribution in [3.05, 3.63) is 48.1 Å². The maximum absolute atomic E-state index is 13.4. The molecule has 2 heterocycles. The number of nitrogens with zero attached hydrogens (tertiary/aromatic N) is 1. The fourth-order valence-electron chi connectivity index (χ4n) is 3.83. The van der Waals surface area contributed by atoms with Crippen molar-refractivity contribution in [1.29, 1.82) is 0 Å². The van der Waals surface area contributed by atoms with Crippen LogP contribution in [0.3, 0.4) is 0 Å². The first-order valence-electron chi connectivity index (χ1n) is 9.38. The van der Waals surface area contributed by atoms with Crippen LogP contribution in [0, 0.1) is 6.92 Å². The Morgan fingerprint density at radius 1 is 1.18 bits per heavy atom. The first-order chi connectivity index (χ1) is 13.3. The number of esters is 1. The number of fused-ring (bicyclic) bond motifs is 1. The molecule has 3 rings (SSSR count). The van der Waals surface area contributed by atoms with Crippen molar-refractivity contribution < 1.29 is 14.3 Å². The molecule has 0 radical (unpaired) electrons. The number of hydrogen-bond acceptors (Lipinski definition) is 3. The van der Waals surface area contributed by atoms with Crippen LogP contribution in [-0.4, -0.2) is 16.3 Å². The molecule has 1 unspecified atom stereocenters. The highest BCUT2D eigenvalue weighted by Gasteiger charge is 2.40. The molecule has 4 nitrogen and oxygen atoms in total. The number of ether oxygens (including phenoxy) is 1. The number of ketones is 1. The van der Waals surface area contributed by atoms with Crippen LogP contribution in [0.5, 0.6) is 5.75 Å². The van der Waals surface area contributed by atoms with Crippen LogP contribution in [0.1, 0.15) is 72.3 Å². The summed E-state index contributed by atoms with van der Waals surface area (Å²) in [5.74, 6) is -0.0500. The molecule has 0 saturated heterocycles. The van der Waals surface area contributed by atoms with Crippen LogP contribution in [0.2, 0.25) is 0 Å². The molecule has 0 spiro atoms. The second-order valence-corrected chi connectivity index (χ2v) is 9.71. The molecule has 0 fully saturated rings. The van der Waals surface area contributed by atoms with Gasteiger partial charge in [-0.25, -0.2) is 0 Å². The SMILES string of the molecule is CCCCCCC1C(=O)Oc2c(C)c(C(=O)c3cc(Br)cc(Br)c3Br)n(C)c21. The lowest BCUT2D eigenvalue weighted by atomic mass is 9.98. The summed E-state index contributed by atoms with van der Waals surface area (Å²) in [6, 6.07) is 3.68. The summed E-state index contributed by atoms with van der Waals surface area (Å²) in [6.45, 7) is 4.01. The molecule has 0 saturated carbocycles. The fraction of sp³-hybridized carbons (Fsp3) is 0.429. The largest absolute Gasteiger partial charge is 0.424 e. The zero-order valence-electron chi connectivity index (χ0n) is 16.1. The number of carbonyl (C=O) groups excluding carboxylic acids is 2. The minimum atomic E-state index is -0.296. The zero-order valence-corrected chi connectivity index (χ0v) is 20.8. The minimum Gasteiger partial charge on any atom is -0.424 e. The smallest absolute Gasteiger partial charge is 0.320 e. The monoisotopic (exact) mass is 573 g/mol. The Kier molecular flexibility index (Phi) is 6.88. The number of aromatic nitrogens is 1. The summed E-state index contributed by atoms with van der Waals surface area (Å²) in [7, 11) is 1.85. The average molecular weight is 576 g/mol. The summed E-state index contributed by atoms with van der Waals surface area (Å²) in [5.41, 5.74) is 2.65. The molecule has 0 aliphatic carbocycles. The van der Waals surface area contributed by atoms with Crippen LogP contribution < -0.4 is 4.74 Å². The molecule has 0 amide bonds. The molecule has 2 aromatic rings. The van der Waals surface area contributed by atoms with E-state index in [-0.39, 0.29) is 17.7 Å². The van der Waals surface area contributed by atoms with Gasteiger partial charge in [0.05, 0.1) is 11.4 Å². The standard InChI is InChI=1S/C21H22Br3NO3/c1-4-5-6-7-8-13-18-20(28-21(13)27)11(2)17(25(18)3)19(26)14-9-12(22)10-15(23)16(14)24/h9-10,13H,4-8H2,1-3H3. The van der Waals surface area contributed by atoms with Gasteiger partial charge >= 0.3 is 5.97 Å². The van der Waals surface area contributed by atoms with E-state index in [1.807, 2.05) is 24.6 Å². The molecule has 28 heavy (non-hydrogen) atoms. The highest BCUT2D eigenvalue weighted by molar-refractivity contribution is 9.13. The van der Waals surface area contributed by atoms with Gasteiger partial charge in [-0.2, -0.15) is 0 Å². The first kappa shape index (κ1) is 21.8. The predicted molar refractivity (Wildman–Crippen MR) is 120 cm³/mol. The summed E-state index contributed by atoms with van der Waals surface area (Å²) >= 11 is 10.4. The van der Waals surface area contributed by atoms with Crippen molar-refractivity contribution in [3.8, 4) is 5.75 Å². The number of halogens is 3. The highest BCUT2D eigenvalue weighted by atomic mass is 79.9. The molecule has 150 valence electrons. The fourth-order valence-corrected chi connectivity index (χ4v) is 5.46. The maximum Gasteiger partial charge on any atom is 0.320 e. The van der Waals surface area contributed by atoms with Crippen LogP contribution >= 0.6 is 47.8 Å². The average Bonchev–Trinajstić information content (AvgIpc) is 3.09. The van der Waals surface area contributed by atoms with Crippen LogP contribution in [0.25, 0.3) is 0 Å². The molecular formula is C21H22Br3NO3. The van der Waals surface area contributed by atoms with E-state index in [4.69, 9.17) is 4.74 Å². The zero-order chi connectivity index (χ0) is 20.6. The summed E-state index contributed by atoms with van der Waals surface area (Å²) in [4.78, 5) is 25.8. The third kappa shape index (κ3) is 3.90. The van der Waals surface area contributed by atoms with Gasteiger partial charge in [0, 0.05) is 31.6 Å². The lowest BCUT2D eigenvalue weighted by Crippen LogP contribution is -2.17. The maximum atomic E-state index is 13.4. The number of unbranched alkanes of at least 4 members (excludes halogenated alkanes) is 3. The Morgan fingerprint density at radius 2 is 1.89 bits per heavy atom. The van der Waals surface area contributed by atoms with E-state index in [9.17, 15) is 9.59 Å². The summed E-state index contributed by atoms with van der Waals surface area (Å²) in [5, 5.41) is 0. The Labute approximate surface area is 190 Å². The Balaban J connectivity index is 1.99. The van der Waals surface area contributed by atoms with Gasteiger partial charge in [0.1, 0.15) is 5.92 Å². The molecule has 1 aromatic heterocycles. The molecule has 1 atom stereocenters. The van der Waals surface area contributed by atoms with Gasteiger partial charge in [-0.15, -0.1) is 0 Å². The van der Waals surface area contributed by atoms with Crippen molar-refractivity contribution in [2.75, 3.05) is 0 Å². The molecule has 0 bridgehead atoms. The third-order valence-electron chi connectivity index (χ3n) is 5.24. The Morgan fingerprint density at radius 3 is 2.57 bits per heavy atom. The number of carbonyl (C=O) groups is 2. The topological polar surface area (TPSA) is 48.3 Å². The van der Waals surface area contributed by atoms with Gasteiger partial charge in [-0.05, 0) is 57.3 Å². The second kappa shape index (κ2) is 8.84. The van der Waals surface area contributed by atoms with Crippen molar-refractivity contribution >= 4 is 59.5 Å². The van der Waals surface area contributed by atoms with Gasteiger partial charge in [-0.1, -0.05) is 48.5 Å². The van der Waals surface area contributed by atoms with Crippen molar-refractivity contribution in [2.45, 2.75) is 51.9 Å². The lowest BCUT2D eigenvalue weighted by Gasteiger charge is -2.13. The van der Waals surface area contributed by atoms with E-state index in [0.717, 1.165) is 52.3 Å². The van der Waals surface area contributed by atoms with Crippen molar-refractivity contribution in [2.24, 2.45) is 7.05 Å². The van der Waals surface area contributed by atoms with Crippen LogP contribution in [0.15, 0.2) is 25.6 Å². The third-order valence-corrected chi connectivity index (χ3v) is 7.71. The van der Waals surface area contributed by atoms with Gasteiger partial charge in [-0.3, -0.25) is 9.59 Å². The molecule has 1 aromatic carbocycles. The first-order valence-corrected chi connectivity index (χ1v) is 11.8. The normalized spacial score (nSPS) is 15.6. The van der Waals surface area contributed by atoms with E-state index in [1.54, 1.807) is 6.07 Å². The molecule has 7 heteroatoms. The quantitative estimate of drug-likeness (QED) is 0.157. The Bertz CT molecular complexity index is 949. The van der Waals surface area contributed by atoms with Crippen molar-refractivity contribution in [3.63, 3.8) is 0 Å². The van der Waals surface area contributed by atoms with E-state index in [0.29, 0.717) is 21.5 Å². The van der Waals surface area contributed by atoms with Gasteiger partial charge in [0.25, 0.3) is 0 Å². The number of rotatable bonds is 7. The predicted octanol–water partition coefficient (Wildman–Crippen LogP) is 6.83. The van der Waals surface area contributed by atoms with Crippen LogP contribution in [-0.2, 0) is 11.8 Å². The van der Waals surface area contributed by atoms with Crippen molar-refractivity contribution in [1.82, 2.24) is 4.57 Å². The molecular weight excluding hydrogens is 554 g/mol. The van der Waals surface area contributed by atoms with Gasteiger partial charge in [0.15, 0.2) is 5.75 Å². The molecule has 1 aliphatic heterocycles. The van der Waals surface area contributed by atoms with E-state index in [1.165, 1.54) is 0 Å². The number of hydrogen-bond donors (Lipinski definition) is 0. The van der Waals surface area contributed by atoms with E-state index < -0.39 is 0 Å². The Hall–Kier alpha value is -0.920. The van der Waals surface area contributed by atoms with E-state index >= 15 is 0 Å². The molecule has 0 N–H and O–H groups in total. The van der Waals surface area contributed by atoms with Gasteiger partial charge in [0.2, 0.25) is 5.78 Å². The van der Waals surface area contributed by atoms with E-state index in [2.05, 4.69) is 54.7 Å². The minimum absolute atomic E-state index is 0.107. The molecule has 1 aliphatic rings. The lowest BCUT2D eigenvalue weighted by molar-refractivity contribution is -0.134. The number of benzene rings is 1. The second-order valence-electron chi connectivity index (χ2n) is 7.15. The summed E-state index contributed by atoms with van der Waals surface area (Å²) < 4.78 is 9.75. The van der Waals surface area contributed by atoms with Gasteiger partial charge < -0.3 is 9.30 Å². The van der Waals surface area contributed by atoms with Crippen LogP contribution in [0.4, 0.5) is 0 Å². The highest BCUT2D eigenvalue weighted by Crippen LogP contribution is 2.44. The summed E-state index contributed by atoms with van der Waals surface area (Å²) in [6.07, 6.45) is 5.15.